The van der Waals surface area contributed by atoms with E-state index in [2.05, 4.69) is 33.8 Å². The van der Waals surface area contributed by atoms with E-state index in [9.17, 15) is 0 Å². The second kappa shape index (κ2) is 2.99. The van der Waals surface area contributed by atoms with E-state index in [-0.39, 0.29) is 5.60 Å². The summed E-state index contributed by atoms with van der Waals surface area (Å²) in [5, 5.41) is 0. The minimum absolute atomic E-state index is 0.0426. The third-order valence-corrected chi connectivity index (χ3v) is 5.71. The molecule has 0 unspecified atom stereocenters. The summed E-state index contributed by atoms with van der Waals surface area (Å²) in [4.78, 5) is 0. The van der Waals surface area contributed by atoms with E-state index in [1.54, 1.807) is 5.57 Å². The zero-order chi connectivity index (χ0) is 11.9. The van der Waals surface area contributed by atoms with Crippen molar-refractivity contribution in [3.05, 3.63) is 11.6 Å². The molecule has 0 aromatic rings. The molecule has 5 rings (SSSR count). The molecule has 0 radical (unpaired) electrons. The highest BCUT2D eigenvalue weighted by molar-refractivity contribution is 5.29. The maximum atomic E-state index is 6.41. The Morgan fingerprint density at radius 3 is 2.47 bits per heavy atom. The van der Waals surface area contributed by atoms with Gasteiger partial charge in [0.15, 0.2) is 0 Å². The van der Waals surface area contributed by atoms with Crippen LogP contribution in [0.2, 0.25) is 0 Å². The molecule has 1 nitrogen and oxygen atoms in total. The van der Waals surface area contributed by atoms with Gasteiger partial charge in [-0.3, -0.25) is 0 Å². The van der Waals surface area contributed by atoms with E-state index < -0.39 is 0 Å². The Hall–Kier alpha value is -0.300. The second-order valence-electron chi connectivity index (χ2n) is 7.82. The maximum absolute atomic E-state index is 6.41. The molecule has 1 heteroatoms. The van der Waals surface area contributed by atoms with Crippen LogP contribution in [0.4, 0.5) is 0 Å². The first-order valence-electron chi connectivity index (χ1n) is 7.31. The standard InChI is InChI=1S/C16H24O/c1-8-5-6-9-11-10(7-8)13-12(9)14(13)15(11)17-16(2,3)4/h5,9-15H,6-7H2,1-4H3/t9-,10+,11-,12+,13-,14+,15+/m1/s1. The first-order chi connectivity index (χ1) is 7.97. The van der Waals surface area contributed by atoms with Crippen molar-refractivity contribution in [2.24, 2.45) is 35.5 Å². The van der Waals surface area contributed by atoms with E-state index >= 15 is 0 Å². The summed E-state index contributed by atoms with van der Waals surface area (Å²) in [5.41, 5.74) is 1.68. The van der Waals surface area contributed by atoms with Crippen LogP contribution >= 0.6 is 0 Å². The summed E-state index contributed by atoms with van der Waals surface area (Å²) < 4.78 is 6.41. The minimum atomic E-state index is 0.0426. The number of ether oxygens (including phenoxy) is 1. The van der Waals surface area contributed by atoms with Gasteiger partial charge in [-0.2, -0.15) is 0 Å². The number of hydrogen-bond acceptors (Lipinski definition) is 1. The number of allylic oxidation sites excluding steroid dienone is 2. The molecule has 4 saturated carbocycles. The van der Waals surface area contributed by atoms with Crippen molar-refractivity contribution in [1.82, 2.24) is 0 Å². The van der Waals surface area contributed by atoms with E-state index in [0.717, 1.165) is 35.5 Å². The van der Waals surface area contributed by atoms with Gasteiger partial charge in [0.25, 0.3) is 0 Å². The van der Waals surface area contributed by atoms with Crippen molar-refractivity contribution in [3.63, 3.8) is 0 Å². The molecule has 6 bridgehead atoms. The van der Waals surface area contributed by atoms with E-state index in [0.29, 0.717) is 6.10 Å². The molecule has 4 fully saturated rings. The molecule has 0 aliphatic heterocycles. The van der Waals surface area contributed by atoms with Crippen LogP contribution in [0.5, 0.6) is 0 Å². The quantitative estimate of drug-likeness (QED) is 0.627. The number of rotatable bonds is 1. The average Bonchev–Trinajstić information content (AvgIpc) is 2.66. The van der Waals surface area contributed by atoms with Crippen molar-refractivity contribution in [2.75, 3.05) is 0 Å². The molecule has 0 amide bonds. The van der Waals surface area contributed by atoms with Crippen LogP contribution in [0.15, 0.2) is 11.6 Å². The summed E-state index contributed by atoms with van der Waals surface area (Å²) in [6.45, 7) is 8.98. The molecule has 0 aromatic carbocycles. The third-order valence-electron chi connectivity index (χ3n) is 5.71. The van der Waals surface area contributed by atoms with Crippen LogP contribution in [0, 0.1) is 35.5 Å². The molecule has 17 heavy (non-hydrogen) atoms. The summed E-state index contributed by atoms with van der Waals surface area (Å²) in [6, 6.07) is 0. The molecule has 5 aliphatic carbocycles. The molecular weight excluding hydrogens is 208 g/mol. The lowest BCUT2D eigenvalue weighted by Gasteiger charge is -2.30. The van der Waals surface area contributed by atoms with Gasteiger partial charge in [0.05, 0.1) is 11.7 Å². The molecule has 5 aliphatic rings. The smallest absolute Gasteiger partial charge is 0.0649 e. The fraction of sp³-hybridized carbons (Fsp3) is 0.875. The van der Waals surface area contributed by atoms with E-state index in [1.165, 1.54) is 12.8 Å². The Kier molecular flexibility index (Phi) is 1.86. The Labute approximate surface area is 105 Å². The van der Waals surface area contributed by atoms with Gasteiger partial charge in [0.2, 0.25) is 0 Å². The summed E-state index contributed by atoms with van der Waals surface area (Å²) in [5.74, 6) is 5.86. The van der Waals surface area contributed by atoms with Gasteiger partial charge in [-0.05, 0) is 76.0 Å². The lowest BCUT2D eigenvalue weighted by Crippen LogP contribution is -2.32. The Balaban J connectivity index is 1.62. The highest BCUT2D eigenvalue weighted by Crippen LogP contribution is 2.78. The first-order valence-corrected chi connectivity index (χ1v) is 7.31. The summed E-state index contributed by atoms with van der Waals surface area (Å²) in [7, 11) is 0. The average molecular weight is 232 g/mol. The van der Waals surface area contributed by atoms with Gasteiger partial charge in [0, 0.05) is 0 Å². The lowest BCUT2D eigenvalue weighted by molar-refractivity contribution is -0.0830. The van der Waals surface area contributed by atoms with Crippen LogP contribution in [-0.4, -0.2) is 11.7 Å². The Bertz CT molecular complexity index is 389. The van der Waals surface area contributed by atoms with Crippen molar-refractivity contribution in [1.29, 1.82) is 0 Å². The van der Waals surface area contributed by atoms with Crippen LogP contribution < -0.4 is 0 Å². The van der Waals surface area contributed by atoms with E-state index in [1.807, 2.05) is 0 Å². The summed E-state index contributed by atoms with van der Waals surface area (Å²) >= 11 is 0. The fourth-order valence-electron chi connectivity index (χ4n) is 5.48. The van der Waals surface area contributed by atoms with Gasteiger partial charge < -0.3 is 4.74 Å². The van der Waals surface area contributed by atoms with Crippen LogP contribution in [0.1, 0.15) is 40.5 Å². The molecule has 0 heterocycles. The molecule has 0 saturated heterocycles. The maximum Gasteiger partial charge on any atom is 0.0649 e. The van der Waals surface area contributed by atoms with Gasteiger partial charge in [-0.25, -0.2) is 0 Å². The monoisotopic (exact) mass is 232 g/mol. The lowest BCUT2D eigenvalue weighted by atomic mass is 9.88. The molecule has 0 aromatic heterocycles. The normalized spacial score (nSPS) is 54.6. The Morgan fingerprint density at radius 1 is 1.06 bits per heavy atom. The van der Waals surface area contributed by atoms with Crippen LogP contribution in [0.25, 0.3) is 0 Å². The predicted molar refractivity (Wildman–Crippen MR) is 68.6 cm³/mol. The summed E-state index contributed by atoms with van der Waals surface area (Å²) in [6.07, 6.45) is 5.82. The zero-order valence-corrected chi connectivity index (χ0v) is 11.4. The number of hydrogen-bond donors (Lipinski definition) is 0. The highest BCUT2D eigenvalue weighted by atomic mass is 16.5. The van der Waals surface area contributed by atoms with Crippen LogP contribution in [-0.2, 0) is 4.74 Å². The van der Waals surface area contributed by atoms with Gasteiger partial charge >= 0.3 is 0 Å². The SMILES string of the molecule is CC1=CC[C@@H]2[C@@H]3[C@H](C1)[C@@H]1[C@H]2[C@@H]1[C@H]3OC(C)(C)C. The van der Waals surface area contributed by atoms with Gasteiger partial charge in [-0.15, -0.1) is 0 Å². The van der Waals surface area contributed by atoms with Crippen molar-refractivity contribution >= 4 is 0 Å². The minimum Gasteiger partial charge on any atom is -0.372 e. The van der Waals surface area contributed by atoms with Gasteiger partial charge in [-0.1, -0.05) is 11.6 Å². The molecule has 94 valence electrons. The zero-order valence-electron chi connectivity index (χ0n) is 11.4. The van der Waals surface area contributed by atoms with Crippen molar-refractivity contribution in [3.8, 4) is 0 Å². The van der Waals surface area contributed by atoms with Crippen molar-refractivity contribution in [2.45, 2.75) is 52.2 Å². The third kappa shape index (κ3) is 1.30. The largest absolute Gasteiger partial charge is 0.372 e. The molecule has 7 atom stereocenters. The molecule has 0 N–H and O–H groups in total. The van der Waals surface area contributed by atoms with E-state index in [4.69, 9.17) is 4.74 Å². The predicted octanol–water partition coefficient (Wildman–Crippen LogP) is 3.65. The van der Waals surface area contributed by atoms with Crippen molar-refractivity contribution < 1.29 is 4.74 Å². The Morgan fingerprint density at radius 2 is 1.76 bits per heavy atom. The fourth-order valence-corrected chi connectivity index (χ4v) is 5.48. The van der Waals surface area contributed by atoms with Gasteiger partial charge in [0.1, 0.15) is 0 Å². The first kappa shape index (κ1) is 10.6. The molecular formula is C16H24O. The molecule has 0 spiro atoms. The topological polar surface area (TPSA) is 9.23 Å². The second-order valence-corrected chi connectivity index (χ2v) is 7.82. The highest BCUT2D eigenvalue weighted by Gasteiger charge is 2.78. The van der Waals surface area contributed by atoms with Crippen LogP contribution in [0.3, 0.4) is 0 Å².